The molecule has 3 atom stereocenters. The van der Waals surface area contributed by atoms with E-state index in [1.807, 2.05) is 43.0 Å². The monoisotopic (exact) mass is 443 g/mol. The van der Waals surface area contributed by atoms with Gasteiger partial charge in [0, 0.05) is 51.4 Å². The Morgan fingerprint density at radius 2 is 1.81 bits per heavy atom. The molecule has 0 saturated carbocycles. The van der Waals surface area contributed by atoms with Crippen molar-refractivity contribution < 1.29 is 9.53 Å². The lowest BCUT2D eigenvalue weighted by molar-refractivity contribution is -0.0586. The van der Waals surface area contributed by atoms with Gasteiger partial charge in [0.05, 0.1) is 12.2 Å². The van der Waals surface area contributed by atoms with Crippen molar-refractivity contribution in [3.8, 4) is 0 Å². The molecule has 2 heterocycles. The first-order valence-corrected chi connectivity index (χ1v) is 12.2. The molecular weight excluding hydrogens is 402 g/mol. The number of rotatable bonds is 7. The summed E-state index contributed by atoms with van der Waals surface area (Å²) >= 11 is 0. The van der Waals surface area contributed by atoms with E-state index in [2.05, 4.69) is 27.4 Å². The van der Waals surface area contributed by atoms with E-state index < -0.39 is 0 Å². The normalized spacial score (nSPS) is 24.9. The predicted molar refractivity (Wildman–Crippen MR) is 130 cm³/mol. The van der Waals surface area contributed by atoms with E-state index in [9.17, 15) is 4.79 Å². The van der Waals surface area contributed by atoms with Gasteiger partial charge >= 0.3 is 0 Å². The highest BCUT2D eigenvalue weighted by Gasteiger charge is 2.26. The van der Waals surface area contributed by atoms with Gasteiger partial charge in [0.2, 0.25) is 0 Å². The molecule has 0 radical (unpaired) electrons. The lowest BCUT2D eigenvalue weighted by atomic mass is 10.0. The number of nitrogens with one attached hydrogen (secondary N) is 2. The second-order valence-electron chi connectivity index (χ2n) is 9.25. The smallest absolute Gasteiger partial charge is 0.254 e. The first-order chi connectivity index (χ1) is 15.5. The zero-order chi connectivity index (χ0) is 22.9. The number of morpholine rings is 1. The maximum absolute atomic E-state index is 12.8. The highest BCUT2D eigenvalue weighted by Crippen LogP contribution is 2.16. The minimum atomic E-state index is 0.0759. The number of aliphatic imine (C=N–C) groups is 1. The van der Waals surface area contributed by atoms with Crippen molar-refractivity contribution in [2.75, 3.05) is 39.8 Å². The van der Waals surface area contributed by atoms with Crippen LogP contribution in [0.1, 0.15) is 62.4 Å². The van der Waals surface area contributed by atoms with Gasteiger partial charge in [-0.3, -0.25) is 9.79 Å². The second kappa shape index (κ2) is 12.2. The molecule has 0 spiro atoms. The van der Waals surface area contributed by atoms with Crippen molar-refractivity contribution in [2.24, 2.45) is 4.99 Å². The summed E-state index contributed by atoms with van der Waals surface area (Å²) in [6, 6.07) is 8.57. The molecule has 2 fully saturated rings. The molecule has 2 aliphatic heterocycles. The van der Waals surface area contributed by atoms with Gasteiger partial charge in [-0.1, -0.05) is 18.6 Å². The van der Waals surface area contributed by atoms with E-state index in [0.717, 1.165) is 36.6 Å². The fourth-order valence-corrected chi connectivity index (χ4v) is 4.68. The Balaban J connectivity index is 1.40. The Kier molecular flexibility index (Phi) is 9.36. The topological polar surface area (TPSA) is 69.2 Å². The van der Waals surface area contributed by atoms with Crippen LogP contribution < -0.4 is 10.6 Å². The predicted octanol–water partition coefficient (Wildman–Crippen LogP) is 2.87. The minimum absolute atomic E-state index is 0.0759. The van der Waals surface area contributed by atoms with Gasteiger partial charge in [-0.15, -0.1) is 0 Å². The fourth-order valence-electron chi connectivity index (χ4n) is 4.68. The van der Waals surface area contributed by atoms with Crippen LogP contribution in [0.15, 0.2) is 29.3 Å². The Morgan fingerprint density at radius 3 is 2.47 bits per heavy atom. The van der Waals surface area contributed by atoms with Crippen molar-refractivity contribution in [3.63, 3.8) is 0 Å². The molecule has 0 bridgehead atoms. The van der Waals surface area contributed by atoms with Gasteiger partial charge in [-0.25, -0.2) is 0 Å². The number of benzene rings is 1. The summed E-state index contributed by atoms with van der Waals surface area (Å²) in [4.78, 5) is 21.6. The fraction of sp³-hybridized carbons (Fsp3) is 0.680. The van der Waals surface area contributed by atoms with E-state index in [1.54, 1.807) is 7.05 Å². The van der Waals surface area contributed by atoms with Crippen LogP contribution in [0.4, 0.5) is 0 Å². The average Bonchev–Trinajstić information content (AvgIpc) is 2.79. The molecular formula is C25H41N5O2. The van der Waals surface area contributed by atoms with Crippen LogP contribution in [0, 0.1) is 0 Å². The molecule has 2 aliphatic rings. The van der Waals surface area contributed by atoms with E-state index in [0.29, 0.717) is 25.7 Å². The van der Waals surface area contributed by atoms with Gasteiger partial charge in [0.1, 0.15) is 0 Å². The standard InChI is InChI=1S/C25H41N5O2/c1-19-8-5-6-14-29(19)15-7-13-27-25(26-4)28-16-22-9-11-23(12-10-22)24(31)30-17-20(2)32-21(3)18-30/h9-12,19-21H,5-8,13-18H2,1-4H3,(H2,26,27,28). The number of hydrogen-bond acceptors (Lipinski definition) is 4. The van der Waals surface area contributed by atoms with E-state index in [-0.39, 0.29) is 18.1 Å². The van der Waals surface area contributed by atoms with E-state index in [1.165, 1.54) is 25.8 Å². The molecule has 0 aliphatic carbocycles. The summed E-state index contributed by atoms with van der Waals surface area (Å²) in [5, 5.41) is 6.78. The lowest BCUT2D eigenvalue weighted by Gasteiger charge is -2.35. The number of amides is 1. The molecule has 7 nitrogen and oxygen atoms in total. The highest BCUT2D eigenvalue weighted by atomic mass is 16.5. The molecule has 2 saturated heterocycles. The molecule has 2 N–H and O–H groups in total. The first-order valence-electron chi connectivity index (χ1n) is 12.2. The van der Waals surface area contributed by atoms with Crippen LogP contribution in [-0.4, -0.2) is 79.7 Å². The van der Waals surface area contributed by atoms with Crippen LogP contribution in [0.2, 0.25) is 0 Å². The maximum atomic E-state index is 12.8. The van der Waals surface area contributed by atoms with Crippen molar-refractivity contribution in [1.82, 2.24) is 20.4 Å². The van der Waals surface area contributed by atoms with Gasteiger partial charge in [0.25, 0.3) is 5.91 Å². The Hall–Kier alpha value is -2.12. The number of carbonyl (C=O) groups is 1. The van der Waals surface area contributed by atoms with Crippen LogP contribution in [0.5, 0.6) is 0 Å². The zero-order valence-electron chi connectivity index (χ0n) is 20.3. The summed E-state index contributed by atoms with van der Waals surface area (Å²) in [5.41, 5.74) is 1.85. The number of ether oxygens (including phenoxy) is 1. The van der Waals surface area contributed by atoms with Gasteiger partial charge in [-0.05, 0) is 64.3 Å². The third-order valence-corrected chi connectivity index (χ3v) is 6.45. The number of carbonyl (C=O) groups excluding carboxylic acids is 1. The molecule has 1 aromatic rings. The van der Waals surface area contributed by atoms with Crippen molar-refractivity contribution in [1.29, 1.82) is 0 Å². The van der Waals surface area contributed by atoms with E-state index >= 15 is 0 Å². The average molecular weight is 444 g/mol. The summed E-state index contributed by atoms with van der Waals surface area (Å²) < 4.78 is 5.74. The molecule has 3 unspecified atom stereocenters. The first kappa shape index (κ1) is 24.5. The third kappa shape index (κ3) is 7.20. The van der Waals surface area contributed by atoms with E-state index in [4.69, 9.17) is 4.74 Å². The quantitative estimate of drug-likeness (QED) is 0.385. The largest absolute Gasteiger partial charge is 0.372 e. The minimum Gasteiger partial charge on any atom is -0.372 e. The van der Waals surface area contributed by atoms with Crippen LogP contribution in [-0.2, 0) is 11.3 Å². The highest BCUT2D eigenvalue weighted by molar-refractivity contribution is 5.94. The summed E-state index contributed by atoms with van der Waals surface area (Å²) in [7, 11) is 1.80. The van der Waals surface area contributed by atoms with Crippen LogP contribution in [0.3, 0.4) is 0 Å². The van der Waals surface area contributed by atoms with Gasteiger partial charge in [0.15, 0.2) is 5.96 Å². The van der Waals surface area contributed by atoms with Crippen LogP contribution >= 0.6 is 0 Å². The van der Waals surface area contributed by atoms with Crippen molar-refractivity contribution in [3.05, 3.63) is 35.4 Å². The number of guanidine groups is 1. The SMILES string of the molecule is CN=C(NCCCN1CCCCC1C)NCc1ccc(C(=O)N2CC(C)OC(C)C2)cc1. The Bertz CT molecular complexity index is 741. The number of hydrogen-bond donors (Lipinski definition) is 2. The summed E-state index contributed by atoms with van der Waals surface area (Å²) in [6.45, 7) is 11.6. The molecule has 1 aromatic carbocycles. The molecule has 32 heavy (non-hydrogen) atoms. The summed E-state index contributed by atoms with van der Waals surface area (Å²) in [6.07, 6.45) is 5.29. The van der Waals surface area contributed by atoms with Crippen LogP contribution in [0.25, 0.3) is 0 Å². The molecule has 1 amide bonds. The Morgan fingerprint density at radius 1 is 1.09 bits per heavy atom. The van der Waals surface area contributed by atoms with Crippen molar-refractivity contribution in [2.45, 2.75) is 71.2 Å². The Labute approximate surface area is 193 Å². The number of nitrogens with zero attached hydrogens (tertiary/aromatic N) is 3. The molecule has 0 aromatic heterocycles. The molecule has 3 rings (SSSR count). The third-order valence-electron chi connectivity index (χ3n) is 6.45. The number of likely N-dealkylation sites (tertiary alicyclic amines) is 1. The second-order valence-corrected chi connectivity index (χ2v) is 9.25. The van der Waals surface area contributed by atoms with Crippen molar-refractivity contribution >= 4 is 11.9 Å². The van der Waals surface area contributed by atoms with Gasteiger partial charge in [-0.2, -0.15) is 0 Å². The van der Waals surface area contributed by atoms with Gasteiger partial charge < -0.3 is 25.2 Å². The summed E-state index contributed by atoms with van der Waals surface area (Å²) in [5.74, 6) is 0.889. The number of piperidine rings is 1. The molecule has 7 heteroatoms. The zero-order valence-corrected chi connectivity index (χ0v) is 20.3. The molecule has 178 valence electrons. The lowest BCUT2D eigenvalue weighted by Crippen LogP contribution is -2.48. The maximum Gasteiger partial charge on any atom is 0.254 e.